The lowest BCUT2D eigenvalue weighted by Gasteiger charge is -2.09. The SMILES string of the molecule is COc1ccc(OCCNc2ncc(C(=O)Nc3ccccc3C)cn2)cc1. The van der Waals surface area contributed by atoms with Crippen molar-refractivity contribution in [3.8, 4) is 11.5 Å². The van der Waals surface area contributed by atoms with Crippen LogP contribution in [0.5, 0.6) is 11.5 Å². The summed E-state index contributed by atoms with van der Waals surface area (Å²) in [5, 5.41) is 5.92. The molecule has 3 aromatic rings. The molecule has 2 N–H and O–H groups in total. The number of carbonyl (C=O) groups excluding carboxylic acids is 1. The molecule has 0 fully saturated rings. The van der Waals surface area contributed by atoms with Gasteiger partial charge in [-0.15, -0.1) is 0 Å². The smallest absolute Gasteiger partial charge is 0.258 e. The number of aryl methyl sites for hydroxylation is 1. The second kappa shape index (κ2) is 9.36. The lowest BCUT2D eigenvalue weighted by atomic mass is 10.2. The van der Waals surface area contributed by atoms with Crippen LogP contribution in [-0.2, 0) is 0 Å². The predicted molar refractivity (Wildman–Crippen MR) is 108 cm³/mol. The molecule has 1 aromatic heterocycles. The third-order valence-corrected chi connectivity index (χ3v) is 4.02. The van der Waals surface area contributed by atoms with Crippen LogP contribution in [-0.4, -0.2) is 36.1 Å². The van der Waals surface area contributed by atoms with Crippen molar-refractivity contribution in [1.82, 2.24) is 9.97 Å². The predicted octanol–water partition coefficient (Wildman–Crippen LogP) is 3.54. The molecule has 0 bridgehead atoms. The van der Waals surface area contributed by atoms with Gasteiger partial charge in [-0.05, 0) is 42.8 Å². The van der Waals surface area contributed by atoms with Gasteiger partial charge in [-0.2, -0.15) is 0 Å². The number of ether oxygens (including phenoxy) is 2. The zero-order chi connectivity index (χ0) is 19.8. The van der Waals surface area contributed by atoms with Gasteiger partial charge in [-0.3, -0.25) is 4.79 Å². The molecule has 0 spiro atoms. The molecule has 0 aliphatic carbocycles. The van der Waals surface area contributed by atoms with E-state index in [1.807, 2.05) is 55.5 Å². The van der Waals surface area contributed by atoms with E-state index in [0.717, 1.165) is 22.7 Å². The van der Waals surface area contributed by atoms with Crippen LogP contribution in [0.1, 0.15) is 15.9 Å². The molecule has 0 unspecified atom stereocenters. The van der Waals surface area contributed by atoms with Gasteiger partial charge in [0, 0.05) is 18.1 Å². The molecule has 2 aromatic carbocycles. The van der Waals surface area contributed by atoms with Crippen LogP contribution < -0.4 is 20.1 Å². The second-order valence-electron chi connectivity index (χ2n) is 6.02. The summed E-state index contributed by atoms with van der Waals surface area (Å²) in [6, 6.07) is 15.0. The molecular weight excluding hydrogens is 356 g/mol. The van der Waals surface area contributed by atoms with Gasteiger partial charge in [0.15, 0.2) is 0 Å². The molecule has 0 aliphatic heterocycles. The van der Waals surface area contributed by atoms with Gasteiger partial charge in [0.1, 0.15) is 18.1 Å². The molecule has 0 aliphatic rings. The summed E-state index contributed by atoms with van der Waals surface area (Å²) in [7, 11) is 1.62. The first-order valence-corrected chi connectivity index (χ1v) is 8.85. The molecular formula is C21H22N4O3. The van der Waals surface area contributed by atoms with E-state index in [0.29, 0.717) is 24.7 Å². The van der Waals surface area contributed by atoms with Gasteiger partial charge in [-0.25, -0.2) is 9.97 Å². The Hall–Kier alpha value is -3.61. The number of amides is 1. The van der Waals surface area contributed by atoms with Crippen LogP contribution in [0.4, 0.5) is 11.6 Å². The fourth-order valence-electron chi connectivity index (χ4n) is 2.45. The average Bonchev–Trinajstić information content (AvgIpc) is 2.73. The fraction of sp³-hybridized carbons (Fsp3) is 0.190. The summed E-state index contributed by atoms with van der Waals surface area (Å²) in [4.78, 5) is 20.7. The van der Waals surface area contributed by atoms with Crippen molar-refractivity contribution in [2.24, 2.45) is 0 Å². The van der Waals surface area contributed by atoms with E-state index in [2.05, 4.69) is 20.6 Å². The molecule has 0 atom stereocenters. The highest BCUT2D eigenvalue weighted by atomic mass is 16.5. The van der Waals surface area contributed by atoms with Gasteiger partial charge in [0.25, 0.3) is 5.91 Å². The average molecular weight is 378 g/mol. The Balaban J connectivity index is 1.46. The second-order valence-corrected chi connectivity index (χ2v) is 6.02. The Bertz CT molecular complexity index is 912. The van der Waals surface area contributed by atoms with E-state index >= 15 is 0 Å². The van der Waals surface area contributed by atoms with Gasteiger partial charge in [0.05, 0.1) is 19.2 Å². The summed E-state index contributed by atoms with van der Waals surface area (Å²) in [5.74, 6) is 1.73. The summed E-state index contributed by atoms with van der Waals surface area (Å²) < 4.78 is 10.7. The quantitative estimate of drug-likeness (QED) is 0.583. The number of aromatic nitrogens is 2. The van der Waals surface area contributed by atoms with E-state index in [9.17, 15) is 4.79 Å². The minimum Gasteiger partial charge on any atom is -0.497 e. The first kappa shape index (κ1) is 19.2. The number of hydrogen-bond acceptors (Lipinski definition) is 6. The molecule has 7 heteroatoms. The van der Waals surface area contributed by atoms with Crippen LogP contribution in [0, 0.1) is 6.92 Å². The normalized spacial score (nSPS) is 10.2. The Labute approximate surface area is 163 Å². The third-order valence-electron chi connectivity index (χ3n) is 4.02. The number of anilines is 2. The molecule has 1 amide bonds. The van der Waals surface area contributed by atoms with Crippen molar-refractivity contribution in [2.75, 3.05) is 30.9 Å². The number of nitrogens with one attached hydrogen (secondary N) is 2. The number of carbonyl (C=O) groups is 1. The molecule has 3 rings (SSSR count). The molecule has 7 nitrogen and oxygen atoms in total. The highest BCUT2D eigenvalue weighted by Gasteiger charge is 2.09. The number of rotatable bonds is 8. The number of methoxy groups -OCH3 is 1. The highest BCUT2D eigenvalue weighted by Crippen LogP contribution is 2.17. The number of benzene rings is 2. The van der Waals surface area contributed by atoms with Crippen molar-refractivity contribution in [3.63, 3.8) is 0 Å². The maximum absolute atomic E-state index is 12.3. The zero-order valence-electron chi connectivity index (χ0n) is 15.8. The lowest BCUT2D eigenvalue weighted by Crippen LogP contribution is -2.16. The third kappa shape index (κ3) is 5.20. The van der Waals surface area contributed by atoms with Crippen molar-refractivity contribution in [3.05, 3.63) is 72.1 Å². The monoisotopic (exact) mass is 378 g/mol. The van der Waals surface area contributed by atoms with E-state index in [1.54, 1.807) is 7.11 Å². The lowest BCUT2D eigenvalue weighted by molar-refractivity contribution is 0.102. The van der Waals surface area contributed by atoms with Gasteiger partial charge in [-0.1, -0.05) is 18.2 Å². The molecule has 0 saturated heterocycles. The Kier molecular flexibility index (Phi) is 6.41. The van der Waals surface area contributed by atoms with Gasteiger partial charge < -0.3 is 20.1 Å². The maximum atomic E-state index is 12.3. The Morgan fingerprint density at radius 1 is 1.00 bits per heavy atom. The minimum atomic E-state index is -0.247. The van der Waals surface area contributed by atoms with Gasteiger partial charge in [0.2, 0.25) is 5.95 Å². The largest absolute Gasteiger partial charge is 0.497 e. The maximum Gasteiger partial charge on any atom is 0.258 e. The van der Waals surface area contributed by atoms with Crippen LogP contribution in [0.15, 0.2) is 60.9 Å². The van der Waals surface area contributed by atoms with Crippen LogP contribution in [0.25, 0.3) is 0 Å². The molecule has 1 heterocycles. The van der Waals surface area contributed by atoms with Crippen molar-refractivity contribution in [1.29, 1.82) is 0 Å². The van der Waals surface area contributed by atoms with E-state index in [1.165, 1.54) is 12.4 Å². The van der Waals surface area contributed by atoms with Crippen molar-refractivity contribution >= 4 is 17.5 Å². The summed E-state index contributed by atoms with van der Waals surface area (Å²) in [5.41, 5.74) is 2.15. The van der Waals surface area contributed by atoms with E-state index < -0.39 is 0 Å². The Morgan fingerprint density at radius 3 is 2.36 bits per heavy atom. The van der Waals surface area contributed by atoms with Gasteiger partial charge >= 0.3 is 0 Å². The standard InChI is InChI=1S/C21H22N4O3/c1-15-5-3-4-6-19(15)25-20(26)16-13-23-21(24-14-16)22-11-12-28-18-9-7-17(27-2)8-10-18/h3-10,13-14H,11-12H2,1-2H3,(H,25,26)(H,22,23,24). The van der Waals surface area contributed by atoms with Crippen molar-refractivity contribution in [2.45, 2.75) is 6.92 Å². The zero-order valence-corrected chi connectivity index (χ0v) is 15.8. The van der Waals surface area contributed by atoms with E-state index in [4.69, 9.17) is 9.47 Å². The topological polar surface area (TPSA) is 85.4 Å². The van der Waals surface area contributed by atoms with Crippen LogP contribution in [0.3, 0.4) is 0 Å². The summed E-state index contributed by atoms with van der Waals surface area (Å²) in [6.07, 6.45) is 2.99. The fourth-order valence-corrected chi connectivity index (χ4v) is 2.45. The number of para-hydroxylation sites is 1. The first-order valence-electron chi connectivity index (χ1n) is 8.85. The van der Waals surface area contributed by atoms with Crippen LogP contribution in [0.2, 0.25) is 0 Å². The molecule has 28 heavy (non-hydrogen) atoms. The molecule has 144 valence electrons. The van der Waals surface area contributed by atoms with Crippen molar-refractivity contribution < 1.29 is 14.3 Å². The number of nitrogens with zero attached hydrogens (tertiary/aromatic N) is 2. The van der Waals surface area contributed by atoms with Crippen LogP contribution >= 0.6 is 0 Å². The number of hydrogen-bond donors (Lipinski definition) is 2. The summed E-state index contributed by atoms with van der Waals surface area (Å²) in [6.45, 7) is 2.92. The van der Waals surface area contributed by atoms with E-state index in [-0.39, 0.29) is 5.91 Å². The minimum absolute atomic E-state index is 0.247. The Morgan fingerprint density at radius 2 is 1.68 bits per heavy atom. The summed E-state index contributed by atoms with van der Waals surface area (Å²) >= 11 is 0. The highest BCUT2D eigenvalue weighted by molar-refractivity contribution is 6.04. The molecule has 0 radical (unpaired) electrons. The molecule has 0 saturated carbocycles. The first-order chi connectivity index (χ1) is 13.7.